The Labute approximate surface area is 193 Å². The van der Waals surface area contributed by atoms with E-state index < -0.39 is 0 Å². The van der Waals surface area contributed by atoms with Crippen molar-refractivity contribution in [2.24, 2.45) is 29.1 Å². The van der Waals surface area contributed by atoms with Gasteiger partial charge in [-0.25, -0.2) is 0 Å². The Morgan fingerprint density at radius 2 is 1.44 bits per heavy atom. The molecule has 4 aliphatic rings. The van der Waals surface area contributed by atoms with E-state index in [2.05, 4.69) is 85.8 Å². The molecule has 4 saturated carbocycles. The molecule has 4 fully saturated rings. The maximum atomic E-state index is 6.25. The molecule has 4 aliphatic carbocycles. The van der Waals surface area contributed by atoms with Crippen molar-refractivity contribution in [3.8, 4) is 5.75 Å². The van der Waals surface area contributed by atoms with Crippen LogP contribution in [0.2, 0.25) is 0 Å². The van der Waals surface area contributed by atoms with Crippen LogP contribution in [0.1, 0.15) is 24.8 Å². The minimum atomic E-state index is -0.129. The number of benzene rings is 3. The predicted octanol–water partition coefficient (Wildman–Crippen LogP) is 6.49. The molecule has 0 saturated heterocycles. The van der Waals surface area contributed by atoms with Gasteiger partial charge in [0.1, 0.15) is 5.75 Å². The lowest BCUT2D eigenvalue weighted by Gasteiger charge is -2.88. The summed E-state index contributed by atoms with van der Waals surface area (Å²) in [5.74, 6) is 4.70. The monoisotopic (exact) mass is 441 g/mol. The second-order valence-electron chi connectivity index (χ2n) is 10.1. The predicted molar refractivity (Wildman–Crippen MR) is 127 cm³/mol. The van der Waals surface area contributed by atoms with Crippen molar-refractivity contribution in [1.82, 2.24) is 0 Å². The SMILES string of the molecule is Cc1cc(OCOC2C3CC4CC5CC2C453)ccc1[S+](c1ccccc1)c1ccccc1. The van der Waals surface area contributed by atoms with Crippen molar-refractivity contribution in [2.45, 2.75) is 47.0 Å². The average molecular weight is 442 g/mol. The van der Waals surface area contributed by atoms with Crippen LogP contribution in [0.25, 0.3) is 0 Å². The van der Waals surface area contributed by atoms with Gasteiger partial charge in [0.25, 0.3) is 0 Å². The van der Waals surface area contributed by atoms with Gasteiger partial charge in [-0.05, 0) is 97.7 Å². The lowest BCUT2D eigenvalue weighted by molar-refractivity contribution is -0.430. The molecule has 1 spiro atoms. The van der Waals surface area contributed by atoms with Crippen LogP contribution in [-0.2, 0) is 15.6 Å². The smallest absolute Gasteiger partial charge is 0.189 e. The Morgan fingerprint density at radius 3 is 2.00 bits per heavy atom. The first-order valence-electron chi connectivity index (χ1n) is 12.0. The third kappa shape index (κ3) is 2.53. The summed E-state index contributed by atoms with van der Waals surface area (Å²) in [4.78, 5) is 4.03. The van der Waals surface area contributed by atoms with Gasteiger partial charge in [-0.1, -0.05) is 36.4 Å². The molecule has 2 nitrogen and oxygen atoms in total. The zero-order valence-corrected chi connectivity index (χ0v) is 19.3. The molecule has 0 aliphatic heterocycles. The third-order valence-electron chi connectivity index (χ3n) is 8.95. The van der Waals surface area contributed by atoms with E-state index in [0.29, 0.717) is 12.9 Å². The highest BCUT2D eigenvalue weighted by Crippen LogP contribution is 2.87. The summed E-state index contributed by atoms with van der Waals surface area (Å²) >= 11 is 0. The van der Waals surface area contributed by atoms with Crippen molar-refractivity contribution in [1.29, 1.82) is 0 Å². The largest absolute Gasteiger partial charge is 0.468 e. The molecule has 0 amide bonds. The Kier molecular flexibility index (Phi) is 4.29. The number of ether oxygens (including phenoxy) is 2. The summed E-state index contributed by atoms with van der Waals surface area (Å²) in [5, 5.41) is 0. The summed E-state index contributed by atoms with van der Waals surface area (Å²) in [6.07, 6.45) is 4.79. The molecule has 0 aromatic heterocycles. The van der Waals surface area contributed by atoms with Crippen LogP contribution in [0.4, 0.5) is 0 Å². The minimum absolute atomic E-state index is 0.129. The van der Waals surface area contributed by atoms with Gasteiger partial charge in [0, 0.05) is 5.56 Å². The Morgan fingerprint density at radius 1 is 0.812 bits per heavy atom. The van der Waals surface area contributed by atoms with Crippen LogP contribution in [0.3, 0.4) is 0 Å². The number of rotatable bonds is 7. The molecular weight excluding hydrogens is 412 g/mol. The molecule has 3 aromatic carbocycles. The van der Waals surface area contributed by atoms with E-state index in [1.807, 2.05) is 0 Å². The fourth-order valence-electron chi connectivity index (χ4n) is 7.57. The molecule has 0 radical (unpaired) electrons. The molecule has 4 atom stereocenters. The van der Waals surface area contributed by atoms with Crippen LogP contribution in [-0.4, -0.2) is 12.9 Å². The highest BCUT2D eigenvalue weighted by molar-refractivity contribution is 7.97. The van der Waals surface area contributed by atoms with Crippen molar-refractivity contribution >= 4 is 10.9 Å². The van der Waals surface area contributed by atoms with Crippen LogP contribution >= 0.6 is 0 Å². The van der Waals surface area contributed by atoms with Gasteiger partial charge in [0.2, 0.25) is 0 Å². The fraction of sp³-hybridized carbons (Fsp3) is 0.379. The number of aryl methyl sites for hydroxylation is 1. The summed E-state index contributed by atoms with van der Waals surface area (Å²) in [5.41, 5.74) is 2.02. The van der Waals surface area contributed by atoms with Crippen molar-refractivity contribution in [2.75, 3.05) is 6.79 Å². The summed E-state index contributed by atoms with van der Waals surface area (Å²) in [6, 6.07) is 28.2. The Hall–Kier alpha value is -2.23. The molecule has 162 valence electrons. The van der Waals surface area contributed by atoms with E-state index in [4.69, 9.17) is 9.47 Å². The van der Waals surface area contributed by atoms with E-state index in [-0.39, 0.29) is 10.9 Å². The van der Waals surface area contributed by atoms with Crippen molar-refractivity contribution in [3.05, 3.63) is 84.4 Å². The van der Waals surface area contributed by atoms with E-state index in [1.54, 1.807) is 0 Å². The highest BCUT2D eigenvalue weighted by Gasteiger charge is 2.85. The molecule has 7 rings (SSSR count). The molecule has 4 unspecified atom stereocenters. The molecule has 3 aromatic rings. The van der Waals surface area contributed by atoms with Crippen LogP contribution in [0, 0.1) is 36.0 Å². The van der Waals surface area contributed by atoms with Gasteiger partial charge in [0.15, 0.2) is 21.5 Å². The topological polar surface area (TPSA) is 18.5 Å². The lowest BCUT2D eigenvalue weighted by Crippen LogP contribution is -2.85. The van der Waals surface area contributed by atoms with Gasteiger partial charge in [0.05, 0.1) is 17.0 Å². The quantitative estimate of drug-likeness (QED) is 0.308. The van der Waals surface area contributed by atoms with E-state index in [1.165, 1.54) is 39.5 Å². The highest BCUT2D eigenvalue weighted by atomic mass is 32.2. The molecular formula is C29H29O2S+. The summed E-state index contributed by atoms with van der Waals surface area (Å²) in [7, 11) is -0.129. The van der Waals surface area contributed by atoms with E-state index in [9.17, 15) is 0 Å². The zero-order chi connectivity index (χ0) is 21.3. The molecule has 3 heteroatoms. The van der Waals surface area contributed by atoms with E-state index in [0.717, 1.165) is 34.8 Å². The average Bonchev–Trinajstić information content (AvgIpc) is 2.77. The van der Waals surface area contributed by atoms with Crippen LogP contribution in [0.15, 0.2) is 93.5 Å². The number of hydrogen-bond acceptors (Lipinski definition) is 2. The Balaban J connectivity index is 1.06. The normalized spacial score (nSPS) is 33.1. The van der Waals surface area contributed by atoms with E-state index >= 15 is 0 Å². The first-order valence-corrected chi connectivity index (χ1v) is 13.2. The first kappa shape index (κ1) is 19.3. The second-order valence-corrected chi connectivity index (χ2v) is 12.1. The van der Waals surface area contributed by atoms with Crippen molar-refractivity contribution in [3.63, 3.8) is 0 Å². The van der Waals surface area contributed by atoms with Gasteiger partial charge in [-0.15, -0.1) is 0 Å². The first-order chi connectivity index (χ1) is 15.8. The fourth-order valence-corrected chi connectivity index (χ4v) is 9.79. The third-order valence-corrected chi connectivity index (χ3v) is 11.3. The summed E-state index contributed by atoms with van der Waals surface area (Å²) in [6.45, 7) is 2.58. The minimum Gasteiger partial charge on any atom is -0.468 e. The Bertz CT molecular complexity index is 1080. The number of hydrogen-bond donors (Lipinski definition) is 0. The van der Waals surface area contributed by atoms with Gasteiger partial charge in [-0.3, -0.25) is 0 Å². The van der Waals surface area contributed by atoms with Gasteiger partial charge < -0.3 is 9.47 Å². The molecule has 0 bridgehead atoms. The maximum absolute atomic E-state index is 6.25. The van der Waals surface area contributed by atoms with Crippen molar-refractivity contribution < 1.29 is 9.47 Å². The summed E-state index contributed by atoms with van der Waals surface area (Å²) < 4.78 is 12.3. The van der Waals surface area contributed by atoms with Crippen LogP contribution < -0.4 is 4.74 Å². The zero-order valence-electron chi connectivity index (χ0n) is 18.4. The van der Waals surface area contributed by atoms with Crippen LogP contribution in [0.5, 0.6) is 5.75 Å². The molecule has 0 N–H and O–H groups in total. The maximum Gasteiger partial charge on any atom is 0.189 e. The van der Waals surface area contributed by atoms with Gasteiger partial charge >= 0.3 is 0 Å². The lowest BCUT2D eigenvalue weighted by atomic mass is 9.17. The molecule has 32 heavy (non-hydrogen) atoms. The molecule has 0 heterocycles. The van der Waals surface area contributed by atoms with Gasteiger partial charge in [-0.2, -0.15) is 0 Å². The second kappa shape index (κ2) is 7.13. The standard InChI is InChI=1S/C29H29O2S/c1-19-14-22(30-18-31-28-25-16-20-15-21-17-26(28)29(20,21)25)12-13-27(19)32(23-8-4-2-5-9-23)24-10-6-3-7-11-24/h2-14,20-21,25-26,28H,15-18H2,1H3/q+1.